The Balaban J connectivity index is 1.83. The molecule has 0 spiro atoms. The minimum atomic E-state index is -0.588. The number of nitrogens with zero attached hydrogens (tertiary/aromatic N) is 1. The van der Waals surface area contributed by atoms with Crippen molar-refractivity contribution in [3.05, 3.63) is 29.8 Å². The third-order valence-corrected chi connectivity index (χ3v) is 4.30. The number of amides is 1. The van der Waals surface area contributed by atoms with E-state index < -0.39 is 6.10 Å². The van der Waals surface area contributed by atoms with Crippen LogP contribution in [0.15, 0.2) is 24.3 Å². The van der Waals surface area contributed by atoms with E-state index in [1.807, 2.05) is 32.0 Å². The number of aliphatic hydroxyl groups is 1. The molecule has 1 aliphatic rings. The van der Waals surface area contributed by atoms with Crippen LogP contribution in [0.2, 0.25) is 0 Å². The van der Waals surface area contributed by atoms with Crippen molar-refractivity contribution in [3.63, 3.8) is 0 Å². The molecule has 1 aliphatic carbocycles. The second kappa shape index (κ2) is 7.75. The molecule has 1 saturated carbocycles. The first-order valence-electron chi connectivity index (χ1n) is 8.23. The van der Waals surface area contributed by atoms with E-state index >= 15 is 0 Å². The fourth-order valence-corrected chi connectivity index (χ4v) is 2.45. The number of hydrogen-bond acceptors (Lipinski definition) is 3. The van der Waals surface area contributed by atoms with Crippen LogP contribution in [0.1, 0.15) is 38.7 Å². The number of benzene rings is 1. The fraction of sp³-hybridized carbons (Fsp3) is 0.611. The van der Waals surface area contributed by atoms with Gasteiger partial charge in [-0.1, -0.05) is 26.0 Å². The lowest BCUT2D eigenvalue weighted by molar-refractivity contribution is -0.118. The molecule has 2 rings (SSSR count). The molecule has 0 saturated heterocycles. The number of nitrogens with one attached hydrogen (secondary N) is 1. The van der Waals surface area contributed by atoms with Crippen molar-refractivity contribution in [1.29, 1.82) is 0 Å². The molecule has 0 heterocycles. The van der Waals surface area contributed by atoms with E-state index in [1.165, 1.54) is 18.4 Å². The summed E-state index contributed by atoms with van der Waals surface area (Å²) in [6.45, 7) is 4.87. The highest BCUT2D eigenvalue weighted by Crippen LogP contribution is 2.25. The zero-order chi connectivity index (χ0) is 16.1. The van der Waals surface area contributed by atoms with E-state index in [9.17, 15) is 9.90 Å². The maximum absolute atomic E-state index is 11.9. The lowest BCUT2D eigenvalue weighted by Gasteiger charge is -2.16. The van der Waals surface area contributed by atoms with Crippen LogP contribution in [0.5, 0.6) is 0 Å². The molecule has 1 aromatic rings. The molecular weight excluding hydrogens is 276 g/mol. The molecule has 0 aromatic heterocycles. The number of rotatable bonds is 8. The van der Waals surface area contributed by atoms with E-state index in [1.54, 1.807) is 0 Å². The number of carbonyl (C=O) groups excluding carboxylic acids is 1. The minimum Gasteiger partial charge on any atom is -0.392 e. The molecular formula is C18H28N2O2. The first-order valence-corrected chi connectivity index (χ1v) is 8.23. The average molecular weight is 304 g/mol. The van der Waals surface area contributed by atoms with Gasteiger partial charge in [-0.25, -0.2) is 0 Å². The Bertz CT molecular complexity index is 498. The van der Waals surface area contributed by atoms with Gasteiger partial charge in [-0.2, -0.15) is 0 Å². The van der Waals surface area contributed by atoms with Gasteiger partial charge in [0.1, 0.15) is 0 Å². The molecule has 4 heteroatoms. The van der Waals surface area contributed by atoms with Gasteiger partial charge in [0.25, 0.3) is 0 Å². The molecule has 1 amide bonds. The van der Waals surface area contributed by atoms with Crippen molar-refractivity contribution >= 4 is 11.6 Å². The molecule has 22 heavy (non-hydrogen) atoms. The van der Waals surface area contributed by atoms with Crippen molar-refractivity contribution in [3.8, 4) is 0 Å². The van der Waals surface area contributed by atoms with Crippen LogP contribution in [0.4, 0.5) is 5.69 Å². The fourth-order valence-electron chi connectivity index (χ4n) is 2.45. The Hall–Kier alpha value is -1.39. The minimum absolute atomic E-state index is 0.0926. The number of carbonyl (C=O) groups is 1. The summed E-state index contributed by atoms with van der Waals surface area (Å²) >= 11 is 0. The summed E-state index contributed by atoms with van der Waals surface area (Å²) in [6.07, 6.45) is 3.20. The topological polar surface area (TPSA) is 52.6 Å². The standard InChI is InChI=1S/C18H28N2O2/c1-13(2)17(21)12-18(22)19-15-6-4-5-14(11-15)9-10-20(3)16-7-8-16/h4-6,11,13,16-17,21H,7-10,12H2,1-3H3,(H,19,22). The average Bonchev–Trinajstić information content (AvgIpc) is 3.29. The van der Waals surface area contributed by atoms with Crippen LogP contribution in [-0.2, 0) is 11.2 Å². The van der Waals surface area contributed by atoms with Crippen LogP contribution in [0.3, 0.4) is 0 Å². The zero-order valence-electron chi connectivity index (χ0n) is 13.9. The maximum Gasteiger partial charge on any atom is 0.226 e. The summed E-state index contributed by atoms with van der Waals surface area (Å²) < 4.78 is 0. The smallest absolute Gasteiger partial charge is 0.226 e. The quantitative estimate of drug-likeness (QED) is 0.776. The molecule has 2 N–H and O–H groups in total. The van der Waals surface area contributed by atoms with Gasteiger partial charge in [-0.15, -0.1) is 0 Å². The summed E-state index contributed by atoms with van der Waals surface area (Å²) in [7, 11) is 2.18. The van der Waals surface area contributed by atoms with Gasteiger partial charge in [0, 0.05) is 18.3 Å². The molecule has 4 nitrogen and oxygen atoms in total. The Morgan fingerprint density at radius 2 is 2.14 bits per heavy atom. The van der Waals surface area contributed by atoms with Gasteiger partial charge in [0.05, 0.1) is 12.5 Å². The van der Waals surface area contributed by atoms with Crippen molar-refractivity contribution in [2.45, 2.75) is 51.7 Å². The highest BCUT2D eigenvalue weighted by atomic mass is 16.3. The predicted molar refractivity (Wildman–Crippen MR) is 89.9 cm³/mol. The first kappa shape index (κ1) is 17.0. The normalized spacial score (nSPS) is 16.1. The van der Waals surface area contributed by atoms with E-state index in [0.717, 1.165) is 24.7 Å². The number of aliphatic hydroxyl groups excluding tert-OH is 1. The Labute approximate surface area is 133 Å². The summed E-state index contributed by atoms with van der Waals surface area (Å²) in [4.78, 5) is 14.3. The van der Waals surface area contributed by atoms with Gasteiger partial charge in [0.2, 0.25) is 5.91 Å². The highest BCUT2D eigenvalue weighted by molar-refractivity contribution is 5.91. The highest BCUT2D eigenvalue weighted by Gasteiger charge is 2.25. The SMILES string of the molecule is CC(C)C(O)CC(=O)Nc1cccc(CCN(C)C2CC2)c1. The summed E-state index contributed by atoms with van der Waals surface area (Å²) in [6, 6.07) is 8.77. The summed E-state index contributed by atoms with van der Waals surface area (Å²) in [5.74, 6) is -0.0384. The number of likely N-dealkylation sites (N-methyl/N-ethyl adjacent to an activating group) is 1. The summed E-state index contributed by atoms with van der Waals surface area (Å²) in [5, 5.41) is 12.6. The molecule has 0 aliphatic heterocycles. The van der Waals surface area contributed by atoms with Gasteiger partial charge < -0.3 is 15.3 Å². The molecule has 1 fully saturated rings. The largest absolute Gasteiger partial charge is 0.392 e. The van der Waals surface area contributed by atoms with Crippen molar-refractivity contribution in [2.75, 3.05) is 18.9 Å². The third kappa shape index (κ3) is 5.43. The molecule has 122 valence electrons. The lowest BCUT2D eigenvalue weighted by Crippen LogP contribution is -2.24. The first-order chi connectivity index (χ1) is 10.5. The monoisotopic (exact) mass is 304 g/mol. The molecule has 0 bridgehead atoms. The van der Waals surface area contributed by atoms with Crippen LogP contribution in [0.25, 0.3) is 0 Å². The van der Waals surface area contributed by atoms with Crippen molar-refractivity contribution in [2.24, 2.45) is 5.92 Å². The van der Waals surface area contributed by atoms with Gasteiger partial charge in [-0.05, 0) is 49.9 Å². The molecule has 1 atom stereocenters. The Morgan fingerprint density at radius 3 is 2.77 bits per heavy atom. The van der Waals surface area contributed by atoms with Crippen LogP contribution < -0.4 is 5.32 Å². The van der Waals surface area contributed by atoms with E-state index in [4.69, 9.17) is 0 Å². The number of anilines is 1. The van der Waals surface area contributed by atoms with Gasteiger partial charge in [-0.3, -0.25) is 4.79 Å². The summed E-state index contributed by atoms with van der Waals surface area (Å²) in [5.41, 5.74) is 2.04. The van der Waals surface area contributed by atoms with Gasteiger partial charge >= 0.3 is 0 Å². The lowest BCUT2D eigenvalue weighted by atomic mass is 10.0. The molecule has 0 radical (unpaired) electrons. The maximum atomic E-state index is 11.9. The number of hydrogen-bond donors (Lipinski definition) is 2. The van der Waals surface area contributed by atoms with Crippen molar-refractivity contribution in [1.82, 2.24) is 4.90 Å². The second-order valence-electron chi connectivity index (χ2n) is 6.73. The van der Waals surface area contributed by atoms with E-state index in [0.29, 0.717) is 0 Å². The van der Waals surface area contributed by atoms with Gasteiger partial charge in [0.15, 0.2) is 0 Å². The Morgan fingerprint density at radius 1 is 1.41 bits per heavy atom. The third-order valence-electron chi connectivity index (χ3n) is 4.30. The molecule has 1 unspecified atom stereocenters. The van der Waals surface area contributed by atoms with Crippen LogP contribution in [0, 0.1) is 5.92 Å². The zero-order valence-corrected chi connectivity index (χ0v) is 13.9. The van der Waals surface area contributed by atoms with E-state index in [-0.39, 0.29) is 18.2 Å². The van der Waals surface area contributed by atoms with E-state index in [2.05, 4.69) is 23.3 Å². The Kier molecular flexibility index (Phi) is 5.98. The van der Waals surface area contributed by atoms with Crippen LogP contribution >= 0.6 is 0 Å². The second-order valence-corrected chi connectivity index (χ2v) is 6.73. The van der Waals surface area contributed by atoms with Crippen LogP contribution in [-0.4, -0.2) is 41.7 Å². The predicted octanol–water partition coefficient (Wildman–Crippen LogP) is 2.67. The van der Waals surface area contributed by atoms with Crippen molar-refractivity contribution < 1.29 is 9.90 Å². The molecule has 1 aromatic carbocycles.